The van der Waals surface area contributed by atoms with Gasteiger partial charge < -0.3 is 4.57 Å². The van der Waals surface area contributed by atoms with Crippen LogP contribution in [0.5, 0.6) is 0 Å². The summed E-state index contributed by atoms with van der Waals surface area (Å²) in [6, 6.07) is 6.40. The Kier molecular flexibility index (Phi) is 3.72. The van der Waals surface area contributed by atoms with Gasteiger partial charge in [-0.15, -0.1) is 0 Å². The van der Waals surface area contributed by atoms with Gasteiger partial charge >= 0.3 is 0 Å². The Bertz CT molecular complexity index is 696. The number of aryl methyl sites for hydroxylation is 1. The topological polar surface area (TPSA) is 39.1 Å². The van der Waals surface area contributed by atoms with E-state index < -0.39 is 9.84 Å². The van der Waals surface area contributed by atoms with Crippen LogP contribution in [0.3, 0.4) is 0 Å². The Balaban J connectivity index is 2.67. The van der Waals surface area contributed by atoms with E-state index in [1.165, 1.54) is 5.56 Å². The minimum atomic E-state index is -3.00. The van der Waals surface area contributed by atoms with Gasteiger partial charge in [-0.25, -0.2) is 8.42 Å². The highest BCUT2D eigenvalue weighted by molar-refractivity contribution is 7.90. The molecule has 2 rings (SSSR count). The Labute approximate surface area is 115 Å². The van der Waals surface area contributed by atoms with E-state index >= 15 is 0 Å². The van der Waals surface area contributed by atoms with Gasteiger partial charge in [0.1, 0.15) is 0 Å². The number of rotatable bonds is 4. The van der Waals surface area contributed by atoms with Crippen LogP contribution in [-0.4, -0.2) is 18.7 Å². The van der Waals surface area contributed by atoms with Crippen LogP contribution in [-0.2, 0) is 15.6 Å². The zero-order valence-corrected chi connectivity index (χ0v) is 12.8. The number of fused-ring (bicyclic) bond motifs is 1. The van der Waals surface area contributed by atoms with Gasteiger partial charge in [0.2, 0.25) is 0 Å². The summed E-state index contributed by atoms with van der Waals surface area (Å²) in [7, 11) is -3.00. The average molecular weight is 279 g/mol. The molecule has 1 aromatic heterocycles. The van der Waals surface area contributed by atoms with E-state index in [1.54, 1.807) is 6.92 Å². The van der Waals surface area contributed by atoms with Crippen LogP contribution in [0.15, 0.2) is 24.4 Å². The Morgan fingerprint density at radius 2 is 1.95 bits per heavy atom. The molecule has 0 fully saturated rings. The number of aromatic nitrogens is 1. The third-order valence-electron chi connectivity index (χ3n) is 3.51. The fourth-order valence-electron chi connectivity index (χ4n) is 2.42. The van der Waals surface area contributed by atoms with E-state index in [-0.39, 0.29) is 11.5 Å². The SMILES string of the molecule is CCS(=O)(=O)Cc1cn(C(C)C)c2c(C)cccc12. The Morgan fingerprint density at radius 1 is 1.26 bits per heavy atom. The summed E-state index contributed by atoms with van der Waals surface area (Å²) >= 11 is 0. The van der Waals surface area contributed by atoms with Gasteiger partial charge in [-0.2, -0.15) is 0 Å². The largest absolute Gasteiger partial charge is 0.344 e. The first-order valence-corrected chi connectivity index (χ1v) is 8.47. The molecule has 0 saturated carbocycles. The zero-order valence-electron chi connectivity index (χ0n) is 12.0. The van der Waals surface area contributed by atoms with E-state index in [2.05, 4.69) is 31.4 Å². The number of hydrogen-bond acceptors (Lipinski definition) is 2. The lowest BCUT2D eigenvalue weighted by Gasteiger charge is -2.10. The first-order valence-electron chi connectivity index (χ1n) is 6.65. The lowest BCUT2D eigenvalue weighted by molar-refractivity contribution is 0.595. The molecule has 19 heavy (non-hydrogen) atoms. The van der Waals surface area contributed by atoms with Gasteiger partial charge in [0, 0.05) is 23.4 Å². The second-order valence-electron chi connectivity index (χ2n) is 5.30. The van der Waals surface area contributed by atoms with E-state index in [0.717, 1.165) is 16.5 Å². The van der Waals surface area contributed by atoms with Crippen molar-refractivity contribution in [1.82, 2.24) is 4.57 Å². The van der Waals surface area contributed by atoms with Crippen LogP contribution >= 0.6 is 0 Å². The summed E-state index contributed by atoms with van der Waals surface area (Å²) in [6.07, 6.45) is 2.00. The average Bonchev–Trinajstić information content (AvgIpc) is 2.69. The molecule has 0 atom stereocenters. The van der Waals surface area contributed by atoms with Crippen molar-refractivity contribution in [3.8, 4) is 0 Å². The summed E-state index contributed by atoms with van der Waals surface area (Å²) < 4.78 is 25.9. The molecule has 1 aromatic carbocycles. The molecule has 0 radical (unpaired) electrons. The van der Waals surface area contributed by atoms with E-state index in [0.29, 0.717) is 6.04 Å². The minimum absolute atomic E-state index is 0.128. The summed E-state index contributed by atoms with van der Waals surface area (Å²) in [5, 5.41) is 1.06. The molecule has 3 nitrogen and oxygen atoms in total. The van der Waals surface area contributed by atoms with Crippen LogP contribution < -0.4 is 0 Å². The van der Waals surface area contributed by atoms with Gasteiger partial charge in [-0.3, -0.25) is 0 Å². The van der Waals surface area contributed by atoms with E-state index in [9.17, 15) is 8.42 Å². The van der Waals surface area contributed by atoms with Crippen molar-refractivity contribution in [2.24, 2.45) is 0 Å². The summed E-state index contributed by atoms with van der Waals surface area (Å²) in [5.74, 6) is 0.316. The first kappa shape index (κ1) is 14.1. The summed E-state index contributed by atoms with van der Waals surface area (Å²) in [4.78, 5) is 0. The predicted octanol–water partition coefficient (Wildman–Crippen LogP) is 3.47. The second-order valence-corrected chi connectivity index (χ2v) is 7.66. The molecule has 0 unspecified atom stereocenters. The molecule has 0 aliphatic rings. The monoisotopic (exact) mass is 279 g/mol. The third kappa shape index (κ3) is 2.68. The van der Waals surface area contributed by atoms with Crippen molar-refractivity contribution in [2.45, 2.75) is 39.5 Å². The molecule has 2 aromatic rings. The van der Waals surface area contributed by atoms with Gasteiger partial charge in [0.05, 0.1) is 11.3 Å². The number of benzene rings is 1. The number of para-hydroxylation sites is 1. The highest BCUT2D eigenvalue weighted by atomic mass is 32.2. The van der Waals surface area contributed by atoms with Crippen LogP contribution in [0.1, 0.15) is 37.9 Å². The molecular formula is C15H21NO2S. The standard InChI is InChI=1S/C15H21NO2S/c1-5-19(17,18)10-13-9-16(11(2)3)15-12(4)7-6-8-14(13)15/h6-9,11H,5,10H2,1-4H3. The molecular weight excluding hydrogens is 258 g/mol. The molecule has 0 spiro atoms. The predicted molar refractivity (Wildman–Crippen MR) is 80.2 cm³/mol. The van der Waals surface area contributed by atoms with Crippen molar-refractivity contribution in [3.63, 3.8) is 0 Å². The smallest absolute Gasteiger partial charge is 0.154 e. The van der Waals surface area contributed by atoms with Crippen molar-refractivity contribution in [2.75, 3.05) is 5.75 Å². The van der Waals surface area contributed by atoms with Gasteiger partial charge in [-0.05, 0) is 31.9 Å². The normalized spacial score (nSPS) is 12.5. The van der Waals surface area contributed by atoms with E-state index in [4.69, 9.17) is 0 Å². The molecule has 104 valence electrons. The molecule has 0 amide bonds. The van der Waals surface area contributed by atoms with E-state index in [1.807, 2.05) is 18.3 Å². The lowest BCUT2D eigenvalue weighted by Crippen LogP contribution is -2.06. The Morgan fingerprint density at radius 3 is 2.53 bits per heavy atom. The maximum Gasteiger partial charge on any atom is 0.154 e. The quantitative estimate of drug-likeness (QED) is 0.859. The van der Waals surface area contributed by atoms with Crippen molar-refractivity contribution >= 4 is 20.7 Å². The number of sulfone groups is 1. The maximum absolute atomic E-state index is 11.9. The fraction of sp³-hybridized carbons (Fsp3) is 0.467. The molecule has 0 bridgehead atoms. The third-order valence-corrected chi connectivity index (χ3v) is 5.14. The molecule has 1 heterocycles. The van der Waals surface area contributed by atoms with Crippen molar-refractivity contribution in [1.29, 1.82) is 0 Å². The Hall–Kier alpha value is -1.29. The fourth-order valence-corrected chi connectivity index (χ4v) is 3.33. The van der Waals surface area contributed by atoms with Crippen LogP contribution in [0.25, 0.3) is 10.9 Å². The molecule has 0 saturated heterocycles. The second kappa shape index (κ2) is 5.00. The maximum atomic E-state index is 11.9. The lowest BCUT2D eigenvalue weighted by atomic mass is 10.1. The summed E-state index contributed by atoms with van der Waals surface area (Å²) in [5.41, 5.74) is 3.25. The van der Waals surface area contributed by atoms with Gasteiger partial charge in [-0.1, -0.05) is 25.1 Å². The zero-order chi connectivity index (χ0) is 14.2. The number of nitrogens with zero attached hydrogens (tertiary/aromatic N) is 1. The molecule has 0 aliphatic heterocycles. The summed E-state index contributed by atoms with van der Waals surface area (Å²) in [6.45, 7) is 8.00. The van der Waals surface area contributed by atoms with Crippen molar-refractivity contribution < 1.29 is 8.42 Å². The minimum Gasteiger partial charge on any atom is -0.344 e. The van der Waals surface area contributed by atoms with Crippen molar-refractivity contribution in [3.05, 3.63) is 35.5 Å². The first-order chi connectivity index (χ1) is 8.85. The van der Waals surface area contributed by atoms with Crippen LogP contribution in [0.4, 0.5) is 0 Å². The van der Waals surface area contributed by atoms with Crippen LogP contribution in [0, 0.1) is 6.92 Å². The molecule has 4 heteroatoms. The van der Waals surface area contributed by atoms with Gasteiger partial charge in [0.15, 0.2) is 9.84 Å². The molecule has 0 N–H and O–H groups in total. The number of hydrogen-bond donors (Lipinski definition) is 0. The molecule has 0 aliphatic carbocycles. The van der Waals surface area contributed by atoms with Gasteiger partial charge in [0.25, 0.3) is 0 Å². The van der Waals surface area contributed by atoms with Crippen LogP contribution in [0.2, 0.25) is 0 Å². The highest BCUT2D eigenvalue weighted by Gasteiger charge is 2.17. The highest BCUT2D eigenvalue weighted by Crippen LogP contribution is 2.28.